The summed E-state index contributed by atoms with van der Waals surface area (Å²) in [6, 6.07) is 12.2. The van der Waals surface area contributed by atoms with Gasteiger partial charge in [0.05, 0.1) is 39.0 Å². The van der Waals surface area contributed by atoms with E-state index >= 15 is 0 Å². The monoisotopic (exact) mass is 446 g/mol. The van der Waals surface area contributed by atoms with Gasteiger partial charge < -0.3 is 23.9 Å². The van der Waals surface area contributed by atoms with Gasteiger partial charge in [0.2, 0.25) is 15.8 Å². The Bertz CT molecular complexity index is 1120. The number of sulfonamides is 1. The molecule has 0 bridgehead atoms. The number of nitrogens with one attached hydrogen (secondary N) is 2. The number of anilines is 1. The van der Waals surface area contributed by atoms with Crippen LogP contribution in [0.15, 0.2) is 64.1 Å². The van der Waals surface area contributed by atoms with Crippen molar-refractivity contribution in [2.24, 2.45) is 0 Å². The van der Waals surface area contributed by atoms with E-state index in [0.717, 1.165) is 0 Å². The first kappa shape index (κ1) is 22.2. The van der Waals surface area contributed by atoms with Crippen molar-refractivity contribution in [1.82, 2.24) is 4.72 Å². The number of amides is 1. The highest BCUT2D eigenvalue weighted by Gasteiger charge is 2.18. The summed E-state index contributed by atoms with van der Waals surface area (Å²) in [5.74, 6) is 1.13. The number of furan rings is 1. The van der Waals surface area contributed by atoms with Gasteiger partial charge in [-0.1, -0.05) is 0 Å². The molecule has 1 heterocycles. The fourth-order valence-electron chi connectivity index (χ4n) is 2.80. The predicted octanol–water partition coefficient (Wildman–Crippen LogP) is 3.04. The minimum Gasteiger partial charge on any atom is -0.493 e. The molecule has 1 aromatic heterocycles. The summed E-state index contributed by atoms with van der Waals surface area (Å²) in [5, 5.41) is 2.71. The van der Waals surface area contributed by atoms with Gasteiger partial charge >= 0.3 is 0 Å². The molecule has 0 radical (unpaired) electrons. The maximum absolute atomic E-state index is 12.7. The van der Waals surface area contributed by atoms with Gasteiger partial charge in [0, 0.05) is 11.3 Å². The van der Waals surface area contributed by atoms with E-state index in [4.69, 9.17) is 18.6 Å². The SMILES string of the molecule is COc1cc(C(=O)Nc2ccc(S(=O)(=O)NCc3ccco3)cc2)cc(OC)c1OC. The number of rotatable bonds is 9. The average molecular weight is 446 g/mol. The molecule has 0 aliphatic carbocycles. The van der Waals surface area contributed by atoms with Gasteiger partial charge in [-0.05, 0) is 48.5 Å². The highest BCUT2D eigenvalue weighted by atomic mass is 32.2. The maximum Gasteiger partial charge on any atom is 0.255 e. The number of carbonyl (C=O) groups excluding carboxylic acids is 1. The summed E-state index contributed by atoms with van der Waals surface area (Å²) in [5.41, 5.74) is 0.704. The molecule has 0 fully saturated rings. The van der Waals surface area contributed by atoms with Crippen molar-refractivity contribution in [3.8, 4) is 17.2 Å². The average Bonchev–Trinajstić information content (AvgIpc) is 3.31. The number of benzene rings is 2. The summed E-state index contributed by atoms with van der Waals surface area (Å²) in [4.78, 5) is 12.7. The molecule has 0 saturated carbocycles. The van der Waals surface area contributed by atoms with Crippen LogP contribution in [-0.2, 0) is 16.6 Å². The highest BCUT2D eigenvalue weighted by Crippen LogP contribution is 2.38. The van der Waals surface area contributed by atoms with Crippen LogP contribution in [0.5, 0.6) is 17.2 Å². The predicted molar refractivity (Wildman–Crippen MR) is 113 cm³/mol. The van der Waals surface area contributed by atoms with Gasteiger partial charge in [-0.25, -0.2) is 13.1 Å². The van der Waals surface area contributed by atoms with Crippen molar-refractivity contribution in [3.05, 3.63) is 66.1 Å². The summed E-state index contributed by atoms with van der Waals surface area (Å²) >= 11 is 0. The molecule has 3 rings (SSSR count). The third-order valence-electron chi connectivity index (χ3n) is 4.37. The summed E-state index contributed by atoms with van der Waals surface area (Å²) in [6.07, 6.45) is 1.47. The Kier molecular flexibility index (Phi) is 6.83. The van der Waals surface area contributed by atoms with Crippen LogP contribution >= 0.6 is 0 Å². The maximum atomic E-state index is 12.7. The smallest absolute Gasteiger partial charge is 0.255 e. The zero-order valence-electron chi connectivity index (χ0n) is 17.2. The summed E-state index contributed by atoms with van der Waals surface area (Å²) in [6.45, 7) is 0.0367. The first-order chi connectivity index (χ1) is 14.9. The van der Waals surface area contributed by atoms with E-state index in [2.05, 4.69) is 10.0 Å². The lowest BCUT2D eigenvalue weighted by Crippen LogP contribution is -2.23. The first-order valence-corrected chi connectivity index (χ1v) is 10.6. The molecular weight excluding hydrogens is 424 g/mol. The van der Waals surface area contributed by atoms with Crippen LogP contribution in [0.4, 0.5) is 5.69 Å². The molecule has 1 amide bonds. The van der Waals surface area contributed by atoms with E-state index < -0.39 is 15.9 Å². The Balaban J connectivity index is 1.73. The van der Waals surface area contributed by atoms with Crippen molar-refractivity contribution in [1.29, 1.82) is 0 Å². The van der Waals surface area contributed by atoms with Crippen LogP contribution in [0, 0.1) is 0 Å². The quantitative estimate of drug-likeness (QED) is 0.519. The Labute approximate surface area is 180 Å². The van der Waals surface area contributed by atoms with Gasteiger partial charge in [0.15, 0.2) is 11.5 Å². The van der Waals surface area contributed by atoms with E-state index in [1.54, 1.807) is 12.1 Å². The zero-order chi connectivity index (χ0) is 22.4. The molecule has 164 valence electrons. The van der Waals surface area contributed by atoms with Gasteiger partial charge in [0.1, 0.15) is 5.76 Å². The van der Waals surface area contributed by atoms with Crippen LogP contribution in [0.2, 0.25) is 0 Å². The van der Waals surface area contributed by atoms with E-state index in [0.29, 0.717) is 28.7 Å². The molecule has 3 aromatic rings. The van der Waals surface area contributed by atoms with Crippen LogP contribution in [0.1, 0.15) is 16.1 Å². The third kappa shape index (κ3) is 5.16. The zero-order valence-corrected chi connectivity index (χ0v) is 18.0. The van der Waals surface area contributed by atoms with E-state index in [1.807, 2.05) is 0 Å². The summed E-state index contributed by atoms with van der Waals surface area (Å²) in [7, 11) is 0.655. The number of ether oxygens (including phenoxy) is 3. The van der Waals surface area contributed by atoms with Crippen LogP contribution < -0.4 is 24.2 Å². The van der Waals surface area contributed by atoms with Crippen molar-refractivity contribution >= 4 is 21.6 Å². The Hall–Kier alpha value is -3.50. The second-order valence-corrected chi connectivity index (χ2v) is 8.06. The number of hydrogen-bond donors (Lipinski definition) is 2. The third-order valence-corrected chi connectivity index (χ3v) is 5.78. The number of hydrogen-bond acceptors (Lipinski definition) is 7. The molecule has 2 N–H and O–H groups in total. The number of methoxy groups -OCH3 is 3. The van der Waals surface area contributed by atoms with Gasteiger partial charge in [-0.3, -0.25) is 4.79 Å². The Morgan fingerprint density at radius 1 is 0.968 bits per heavy atom. The number of carbonyl (C=O) groups is 1. The highest BCUT2D eigenvalue weighted by molar-refractivity contribution is 7.89. The lowest BCUT2D eigenvalue weighted by atomic mass is 10.1. The van der Waals surface area contributed by atoms with Crippen LogP contribution in [0.3, 0.4) is 0 Å². The fourth-order valence-corrected chi connectivity index (χ4v) is 3.79. The molecule has 10 heteroatoms. The molecule has 0 unspecified atom stereocenters. The van der Waals surface area contributed by atoms with Crippen molar-refractivity contribution in [3.63, 3.8) is 0 Å². The molecule has 0 aliphatic rings. The molecule has 2 aromatic carbocycles. The second-order valence-electron chi connectivity index (χ2n) is 6.30. The Morgan fingerprint density at radius 3 is 2.13 bits per heavy atom. The van der Waals surface area contributed by atoms with Gasteiger partial charge in [-0.2, -0.15) is 0 Å². The van der Waals surface area contributed by atoms with E-state index in [1.165, 1.54) is 64.0 Å². The van der Waals surface area contributed by atoms with Crippen molar-refractivity contribution < 1.29 is 31.8 Å². The van der Waals surface area contributed by atoms with E-state index in [9.17, 15) is 13.2 Å². The lowest BCUT2D eigenvalue weighted by molar-refractivity contribution is 0.102. The summed E-state index contributed by atoms with van der Waals surface area (Å²) < 4.78 is 48.1. The fraction of sp³-hybridized carbons (Fsp3) is 0.190. The Morgan fingerprint density at radius 2 is 1.61 bits per heavy atom. The van der Waals surface area contributed by atoms with Crippen molar-refractivity contribution in [2.45, 2.75) is 11.4 Å². The standard InChI is InChI=1S/C21H22N2O7S/c1-27-18-11-14(12-19(28-2)20(18)29-3)21(24)23-15-6-8-17(9-7-15)31(25,26)22-13-16-5-4-10-30-16/h4-12,22H,13H2,1-3H3,(H,23,24). The van der Waals surface area contributed by atoms with Crippen LogP contribution in [-0.4, -0.2) is 35.7 Å². The molecule has 0 aliphatic heterocycles. The lowest BCUT2D eigenvalue weighted by Gasteiger charge is -2.14. The van der Waals surface area contributed by atoms with E-state index in [-0.39, 0.29) is 17.0 Å². The van der Waals surface area contributed by atoms with Gasteiger partial charge in [0.25, 0.3) is 5.91 Å². The second kappa shape index (κ2) is 9.54. The molecule has 9 nitrogen and oxygen atoms in total. The minimum absolute atomic E-state index is 0.0367. The molecule has 0 atom stereocenters. The van der Waals surface area contributed by atoms with Gasteiger partial charge in [-0.15, -0.1) is 0 Å². The molecule has 0 saturated heterocycles. The molecule has 31 heavy (non-hydrogen) atoms. The van der Waals surface area contributed by atoms with Crippen molar-refractivity contribution in [2.75, 3.05) is 26.6 Å². The largest absolute Gasteiger partial charge is 0.493 e. The topological polar surface area (TPSA) is 116 Å². The molecule has 0 spiro atoms. The minimum atomic E-state index is -3.73. The van der Waals surface area contributed by atoms with Crippen LogP contribution in [0.25, 0.3) is 0 Å². The molecular formula is C21H22N2O7S. The normalized spacial score (nSPS) is 11.1. The first-order valence-electron chi connectivity index (χ1n) is 9.11.